The second-order valence-electron chi connectivity index (χ2n) is 4.84. The van der Waals surface area contributed by atoms with Crippen molar-refractivity contribution in [1.29, 1.82) is 0 Å². The van der Waals surface area contributed by atoms with E-state index in [-0.39, 0.29) is 0 Å². The summed E-state index contributed by atoms with van der Waals surface area (Å²) in [5, 5.41) is 3.38. The molecule has 0 aliphatic rings. The van der Waals surface area contributed by atoms with Crippen LogP contribution in [0.2, 0.25) is 0 Å². The summed E-state index contributed by atoms with van der Waals surface area (Å²) in [6, 6.07) is 0. The van der Waals surface area contributed by atoms with Crippen molar-refractivity contribution in [3.8, 4) is 0 Å². The van der Waals surface area contributed by atoms with E-state index in [1.54, 1.807) is 6.39 Å². The smallest absolute Gasteiger partial charge is 0.181 e. The average Bonchev–Trinajstić information content (AvgIpc) is 2.51. The summed E-state index contributed by atoms with van der Waals surface area (Å²) in [4.78, 5) is 4.24. The highest BCUT2D eigenvalue weighted by molar-refractivity contribution is 5.07. The predicted molar refractivity (Wildman–Crippen MR) is 61.6 cm³/mol. The molecule has 0 saturated carbocycles. The molecule has 3 heteroatoms. The van der Waals surface area contributed by atoms with Gasteiger partial charge in [0.2, 0.25) is 0 Å². The lowest BCUT2D eigenvalue weighted by Gasteiger charge is -2.07. The third-order valence-electron chi connectivity index (χ3n) is 2.16. The molecule has 0 aliphatic heterocycles. The fourth-order valence-electron chi connectivity index (χ4n) is 1.45. The Labute approximate surface area is 92.3 Å². The van der Waals surface area contributed by atoms with Gasteiger partial charge in [-0.2, -0.15) is 0 Å². The van der Waals surface area contributed by atoms with Gasteiger partial charge in [0.25, 0.3) is 0 Å². The summed E-state index contributed by atoms with van der Waals surface area (Å²) in [5.74, 6) is 2.31. The van der Waals surface area contributed by atoms with Crippen LogP contribution in [0.5, 0.6) is 0 Å². The zero-order chi connectivity index (χ0) is 11.3. The fraction of sp³-hybridized carbons (Fsp3) is 0.750. The largest absolute Gasteiger partial charge is 0.448 e. The Balaban J connectivity index is 2.43. The van der Waals surface area contributed by atoms with Crippen molar-refractivity contribution in [3.63, 3.8) is 0 Å². The van der Waals surface area contributed by atoms with Crippen molar-refractivity contribution in [2.45, 2.75) is 40.7 Å². The summed E-state index contributed by atoms with van der Waals surface area (Å²) in [7, 11) is 0. The van der Waals surface area contributed by atoms with Gasteiger partial charge in [-0.3, -0.25) is 0 Å². The second kappa shape index (κ2) is 5.91. The first kappa shape index (κ1) is 12.2. The molecular formula is C12H22N2O. The van der Waals surface area contributed by atoms with Crippen molar-refractivity contribution in [2.24, 2.45) is 11.8 Å². The maximum atomic E-state index is 5.38. The number of rotatable bonds is 6. The molecule has 0 atom stereocenters. The van der Waals surface area contributed by atoms with Crippen LogP contribution in [0.15, 0.2) is 10.8 Å². The molecule has 1 heterocycles. The quantitative estimate of drug-likeness (QED) is 0.784. The molecule has 0 saturated heterocycles. The molecule has 0 aromatic carbocycles. The van der Waals surface area contributed by atoms with Crippen LogP contribution in [-0.4, -0.2) is 11.5 Å². The van der Waals surface area contributed by atoms with E-state index in [0.29, 0.717) is 11.8 Å². The van der Waals surface area contributed by atoms with Gasteiger partial charge in [0.05, 0.1) is 5.69 Å². The zero-order valence-electron chi connectivity index (χ0n) is 10.2. The molecular weight excluding hydrogens is 188 g/mol. The predicted octanol–water partition coefficient (Wildman–Crippen LogP) is 2.62. The molecule has 1 aromatic heterocycles. The molecule has 0 radical (unpaired) electrons. The summed E-state index contributed by atoms with van der Waals surface area (Å²) in [5.41, 5.74) is 1.06. The first-order chi connectivity index (χ1) is 7.09. The van der Waals surface area contributed by atoms with Crippen molar-refractivity contribution in [2.75, 3.05) is 6.54 Å². The van der Waals surface area contributed by atoms with Gasteiger partial charge in [0.1, 0.15) is 5.76 Å². The van der Waals surface area contributed by atoms with E-state index >= 15 is 0 Å². The maximum Gasteiger partial charge on any atom is 0.181 e. The molecule has 1 rings (SSSR count). The lowest BCUT2D eigenvalue weighted by molar-refractivity contribution is 0.461. The highest BCUT2D eigenvalue weighted by Gasteiger charge is 2.09. The van der Waals surface area contributed by atoms with Crippen LogP contribution in [0, 0.1) is 11.8 Å². The monoisotopic (exact) mass is 210 g/mol. The van der Waals surface area contributed by atoms with E-state index in [1.807, 2.05) is 0 Å². The number of aromatic nitrogens is 1. The van der Waals surface area contributed by atoms with E-state index in [9.17, 15) is 0 Å². The maximum absolute atomic E-state index is 5.38. The molecule has 1 aromatic rings. The van der Waals surface area contributed by atoms with Crippen LogP contribution in [0.25, 0.3) is 0 Å². The summed E-state index contributed by atoms with van der Waals surface area (Å²) >= 11 is 0. The molecule has 86 valence electrons. The van der Waals surface area contributed by atoms with E-state index in [2.05, 4.69) is 38.0 Å². The van der Waals surface area contributed by atoms with Gasteiger partial charge < -0.3 is 9.73 Å². The van der Waals surface area contributed by atoms with Crippen LogP contribution < -0.4 is 5.32 Å². The number of nitrogens with zero attached hydrogens (tertiary/aromatic N) is 1. The van der Waals surface area contributed by atoms with E-state index in [4.69, 9.17) is 4.42 Å². The van der Waals surface area contributed by atoms with Crippen LogP contribution in [0.3, 0.4) is 0 Å². The van der Waals surface area contributed by atoms with Crippen LogP contribution in [0.1, 0.15) is 39.1 Å². The fourth-order valence-corrected chi connectivity index (χ4v) is 1.45. The zero-order valence-corrected chi connectivity index (χ0v) is 10.2. The topological polar surface area (TPSA) is 38.1 Å². The standard InChI is InChI=1S/C12H22N2O/c1-9(2)5-12-11(14-8-15-12)7-13-6-10(3)4/h8-10,13H,5-7H2,1-4H3. The van der Waals surface area contributed by atoms with Gasteiger partial charge in [0.15, 0.2) is 6.39 Å². The summed E-state index contributed by atoms with van der Waals surface area (Å²) in [6.45, 7) is 10.6. The third-order valence-corrected chi connectivity index (χ3v) is 2.16. The van der Waals surface area contributed by atoms with Crippen LogP contribution >= 0.6 is 0 Å². The first-order valence-corrected chi connectivity index (χ1v) is 5.71. The molecule has 1 N–H and O–H groups in total. The van der Waals surface area contributed by atoms with Crippen LogP contribution in [0.4, 0.5) is 0 Å². The van der Waals surface area contributed by atoms with E-state index < -0.39 is 0 Å². The SMILES string of the molecule is CC(C)CNCc1ncoc1CC(C)C. The highest BCUT2D eigenvalue weighted by Crippen LogP contribution is 2.12. The molecule has 0 unspecified atom stereocenters. The Morgan fingerprint density at radius 1 is 1.27 bits per heavy atom. The molecule has 15 heavy (non-hydrogen) atoms. The molecule has 0 bridgehead atoms. The molecule has 3 nitrogen and oxygen atoms in total. The average molecular weight is 210 g/mol. The van der Waals surface area contributed by atoms with Gasteiger partial charge >= 0.3 is 0 Å². The normalized spacial score (nSPS) is 11.6. The summed E-state index contributed by atoms with van der Waals surface area (Å²) < 4.78 is 5.38. The Kier molecular flexibility index (Phi) is 4.82. The highest BCUT2D eigenvalue weighted by atomic mass is 16.3. The number of hydrogen-bond acceptors (Lipinski definition) is 3. The van der Waals surface area contributed by atoms with Gasteiger partial charge in [0, 0.05) is 13.0 Å². The molecule has 0 aliphatic carbocycles. The lowest BCUT2D eigenvalue weighted by Crippen LogP contribution is -2.20. The number of hydrogen-bond donors (Lipinski definition) is 1. The molecule has 0 amide bonds. The number of oxazole rings is 1. The third kappa shape index (κ3) is 4.47. The first-order valence-electron chi connectivity index (χ1n) is 5.71. The molecule has 0 fully saturated rings. The lowest BCUT2D eigenvalue weighted by atomic mass is 10.1. The van der Waals surface area contributed by atoms with Gasteiger partial charge in [-0.05, 0) is 18.4 Å². The van der Waals surface area contributed by atoms with E-state index in [0.717, 1.165) is 31.0 Å². The minimum Gasteiger partial charge on any atom is -0.448 e. The van der Waals surface area contributed by atoms with Gasteiger partial charge in [-0.25, -0.2) is 4.98 Å². The van der Waals surface area contributed by atoms with Crippen molar-refractivity contribution < 1.29 is 4.42 Å². The van der Waals surface area contributed by atoms with Crippen molar-refractivity contribution in [3.05, 3.63) is 17.8 Å². The Morgan fingerprint density at radius 3 is 2.60 bits per heavy atom. The molecule has 0 spiro atoms. The van der Waals surface area contributed by atoms with E-state index in [1.165, 1.54) is 0 Å². The minimum atomic E-state index is 0.613. The van der Waals surface area contributed by atoms with Gasteiger partial charge in [-0.15, -0.1) is 0 Å². The Hall–Kier alpha value is -0.830. The summed E-state index contributed by atoms with van der Waals surface area (Å²) in [6.07, 6.45) is 2.52. The number of nitrogens with one attached hydrogen (secondary N) is 1. The Morgan fingerprint density at radius 2 is 2.00 bits per heavy atom. The van der Waals surface area contributed by atoms with Crippen molar-refractivity contribution in [1.82, 2.24) is 10.3 Å². The second-order valence-corrected chi connectivity index (χ2v) is 4.84. The Bertz CT molecular complexity index is 279. The van der Waals surface area contributed by atoms with Gasteiger partial charge in [-0.1, -0.05) is 27.7 Å². The minimum absolute atomic E-state index is 0.613. The van der Waals surface area contributed by atoms with Crippen LogP contribution in [-0.2, 0) is 13.0 Å². The van der Waals surface area contributed by atoms with Crippen molar-refractivity contribution >= 4 is 0 Å².